The molecule has 0 aliphatic carbocycles. The van der Waals surface area contributed by atoms with Crippen LogP contribution < -0.4 is 5.32 Å². The van der Waals surface area contributed by atoms with E-state index >= 15 is 0 Å². The molecule has 2 rings (SSSR count). The zero-order chi connectivity index (χ0) is 14.4. The minimum Gasteiger partial charge on any atom is -0.384 e. The Bertz CT molecular complexity index is 639. The first-order valence-corrected chi connectivity index (χ1v) is 6.20. The summed E-state index contributed by atoms with van der Waals surface area (Å²) in [6, 6.07) is 6.89. The van der Waals surface area contributed by atoms with E-state index in [9.17, 15) is 4.79 Å². The molecule has 5 nitrogen and oxygen atoms in total. The number of hydrogen-bond acceptors (Lipinski definition) is 3. The molecule has 1 amide bonds. The molecule has 0 radical (unpaired) electrons. The summed E-state index contributed by atoms with van der Waals surface area (Å²) in [5, 5.41) is 18.2. The van der Waals surface area contributed by atoms with Crippen molar-refractivity contribution in [2.24, 2.45) is 0 Å². The Morgan fingerprint density at radius 1 is 1.50 bits per heavy atom. The van der Waals surface area contributed by atoms with Gasteiger partial charge in [0.2, 0.25) is 0 Å². The number of nitrogens with zero attached hydrogens (tertiary/aromatic N) is 1. The standard InChI is InChI=1S/C15H15N3O2/c1-11(13-9-16-17-10-13)18-15(20)14-7-3-2-5-12(14)6-4-8-19/h2-3,5,7,9-11,19H,8H2,1H3,(H,16,17)(H,18,20). The zero-order valence-electron chi connectivity index (χ0n) is 11.1. The molecule has 0 bridgehead atoms. The molecule has 0 aliphatic rings. The molecule has 1 aromatic carbocycles. The highest BCUT2D eigenvalue weighted by atomic mass is 16.2. The van der Waals surface area contributed by atoms with Gasteiger partial charge in [-0.3, -0.25) is 9.89 Å². The van der Waals surface area contributed by atoms with Gasteiger partial charge in [-0.2, -0.15) is 5.10 Å². The lowest BCUT2D eigenvalue weighted by Gasteiger charge is -2.12. The number of aliphatic hydroxyl groups excluding tert-OH is 1. The largest absolute Gasteiger partial charge is 0.384 e. The van der Waals surface area contributed by atoms with Gasteiger partial charge < -0.3 is 10.4 Å². The van der Waals surface area contributed by atoms with Crippen LogP contribution in [-0.2, 0) is 0 Å². The van der Waals surface area contributed by atoms with Gasteiger partial charge in [-0.05, 0) is 19.1 Å². The number of benzene rings is 1. The van der Waals surface area contributed by atoms with E-state index in [1.165, 1.54) is 0 Å². The summed E-state index contributed by atoms with van der Waals surface area (Å²) in [6.45, 7) is 1.64. The average Bonchev–Trinajstić information content (AvgIpc) is 2.99. The smallest absolute Gasteiger partial charge is 0.253 e. The van der Waals surface area contributed by atoms with Crippen LogP contribution in [0.3, 0.4) is 0 Å². The second-order valence-electron chi connectivity index (χ2n) is 4.23. The minimum atomic E-state index is -0.235. The van der Waals surface area contributed by atoms with Gasteiger partial charge in [0, 0.05) is 17.3 Å². The topological polar surface area (TPSA) is 78.0 Å². The lowest BCUT2D eigenvalue weighted by Crippen LogP contribution is -2.27. The normalized spacial score (nSPS) is 11.3. The summed E-state index contributed by atoms with van der Waals surface area (Å²) < 4.78 is 0. The highest BCUT2D eigenvalue weighted by Gasteiger charge is 2.14. The molecule has 3 N–H and O–H groups in total. The van der Waals surface area contributed by atoms with Crippen molar-refractivity contribution in [1.82, 2.24) is 15.5 Å². The second-order valence-corrected chi connectivity index (χ2v) is 4.23. The van der Waals surface area contributed by atoms with Gasteiger partial charge in [0.1, 0.15) is 6.61 Å². The third-order valence-electron chi connectivity index (χ3n) is 2.84. The first-order chi connectivity index (χ1) is 9.72. The molecule has 0 saturated carbocycles. The number of carbonyl (C=O) groups is 1. The van der Waals surface area contributed by atoms with E-state index in [0.717, 1.165) is 5.56 Å². The number of nitrogens with one attached hydrogen (secondary N) is 2. The Morgan fingerprint density at radius 2 is 2.30 bits per heavy atom. The summed E-state index contributed by atoms with van der Waals surface area (Å²) in [5.74, 6) is 5.12. The summed E-state index contributed by atoms with van der Waals surface area (Å²) in [4.78, 5) is 12.3. The van der Waals surface area contributed by atoms with Gasteiger partial charge in [0.05, 0.1) is 17.8 Å². The van der Waals surface area contributed by atoms with Crippen LogP contribution in [-0.4, -0.2) is 27.8 Å². The van der Waals surface area contributed by atoms with Gasteiger partial charge in [-0.25, -0.2) is 0 Å². The van der Waals surface area contributed by atoms with E-state index in [1.54, 1.807) is 36.7 Å². The predicted octanol–water partition coefficient (Wildman–Crippen LogP) is 1.24. The van der Waals surface area contributed by atoms with E-state index in [1.807, 2.05) is 6.92 Å². The lowest BCUT2D eigenvalue weighted by molar-refractivity contribution is 0.0939. The van der Waals surface area contributed by atoms with Crippen molar-refractivity contribution < 1.29 is 9.90 Å². The van der Waals surface area contributed by atoms with Gasteiger partial charge >= 0.3 is 0 Å². The number of amides is 1. The summed E-state index contributed by atoms with van der Waals surface area (Å²) >= 11 is 0. The molecule has 0 fully saturated rings. The molecular formula is C15H15N3O2. The molecule has 1 aromatic heterocycles. The highest BCUT2D eigenvalue weighted by molar-refractivity contribution is 5.96. The Kier molecular flexibility index (Phi) is 4.53. The van der Waals surface area contributed by atoms with E-state index in [2.05, 4.69) is 27.4 Å². The third kappa shape index (κ3) is 3.25. The van der Waals surface area contributed by atoms with Crippen LogP contribution in [0.2, 0.25) is 0 Å². The van der Waals surface area contributed by atoms with Crippen LogP contribution in [0.1, 0.15) is 34.5 Å². The van der Waals surface area contributed by atoms with Gasteiger partial charge in [-0.15, -0.1) is 0 Å². The fourth-order valence-corrected chi connectivity index (χ4v) is 1.78. The Balaban J connectivity index is 2.17. The fraction of sp³-hybridized carbons (Fsp3) is 0.200. The van der Waals surface area contributed by atoms with Crippen molar-refractivity contribution in [3.63, 3.8) is 0 Å². The van der Waals surface area contributed by atoms with Crippen LogP contribution >= 0.6 is 0 Å². The van der Waals surface area contributed by atoms with Crippen LogP contribution in [0.4, 0.5) is 0 Å². The first kappa shape index (κ1) is 13.8. The molecule has 0 aliphatic heterocycles. The van der Waals surface area contributed by atoms with Crippen molar-refractivity contribution in [3.05, 3.63) is 53.3 Å². The Labute approximate surface area is 117 Å². The molecule has 1 heterocycles. The number of aliphatic hydroxyl groups is 1. The summed E-state index contributed by atoms with van der Waals surface area (Å²) in [7, 11) is 0. The number of H-pyrrole nitrogens is 1. The number of rotatable bonds is 3. The van der Waals surface area contributed by atoms with Gasteiger partial charge in [0.25, 0.3) is 5.91 Å². The van der Waals surface area contributed by atoms with E-state index in [-0.39, 0.29) is 18.6 Å². The SMILES string of the molecule is CC(NC(=O)c1ccccc1C#CCO)c1cn[nH]c1. The van der Waals surface area contributed by atoms with Crippen LogP contribution in [0.25, 0.3) is 0 Å². The molecule has 5 heteroatoms. The molecule has 2 aromatic rings. The highest BCUT2D eigenvalue weighted by Crippen LogP contribution is 2.12. The monoisotopic (exact) mass is 269 g/mol. The molecule has 1 atom stereocenters. The van der Waals surface area contributed by atoms with Crippen LogP contribution in [0.15, 0.2) is 36.7 Å². The fourth-order valence-electron chi connectivity index (χ4n) is 1.78. The predicted molar refractivity (Wildman–Crippen MR) is 74.9 cm³/mol. The number of hydrogen-bond donors (Lipinski definition) is 3. The van der Waals surface area contributed by atoms with Crippen molar-refractivity contribution >= 4 is 5.91 Å². The number of carbonyl (C=O) groups excluding carboxylic acids is 1. The number of aromatic amines is 1. The summed E-state index contributed by atoms with van der Waals surface area (Å²) in [5.41, 5.74) is 1.99. The Hall–Kier alpha value is -2.58. The van der Waals surface area contributed by atoms with E-state index < -0.39 is 0 Å². The molecule has 102 valence electrons. The molecule has 20 heavy (non-hydrogen) atoms. The third-order valence-corrected chi connectivity index (χ3v) is 2.84. The zero-order valence-corrected chi connectivity index (χ0v) is 11.1. The number of aromatic nitrogens is 2. The minimum absolute atomic E-state index is 0.153. The summed E-state index contributed by atoms with van der Waals surface area (Å²) in [6.07, 6.45) is 3.41. The average molecular weight is 269 g/mol. The van der Waals surface area contributed by atoms with Gasteiger partial charge in [0.15, 0.2) is 0 Å². The first-order valence-electron chi connectivity index (χ1n) is 6.20. The van der Waals surface area contributed by atoms with Crippen LogP contribution in [0, 0.1) is 11.8 Å². The second kappa shape index (κ2) is 6.55. The maximum absolute atomic E-state index is 12.3. The van der Waals surface area contributed by atoms with E-state index in [0.29, 0.717) is 11.1 Å². The maximum Gasteiger partial charge on any atom is 0.253 e. The molecule has 0 saturated heterocycles. The maximum atomic E-state index is 12.3. The molecule has 1 unspecified atom stereocenters. The van der Waals surface area contributed by atoms with Crippen molar-refractivity contribution in [3.8, 4) is 11.8 Å². The van der Waals surface area contributed by atoms with Crippen LogP contribution in [0.5, 0.6) is 0 Å². The van der Waals surface area contributed by atoms with Gasteiger partial charge in [-0.1, -0.05) is 24.0 Å². The van der Waals surface area contributed by atoms with Crippen molar-refractivity contribution in [1.29, 1.82) is 0 Å². The van der Waals surface area contributed by atoms with Crippen molar-refractivity contribution in [2.45, 2.75) is 13.0 Å². The van der Waals surface area contributed by atoms with Crippen molar-refractivity contribution in [2.75, 3.05) is 6.61 Å². The molecular weight excluding hydrogens is 254 g/mol. The Morgan fingerprint density at radius 3 is 3.00 bits per heavy atom. The lowest BCUT2D eigenvalue weighted by atomic mass is 10.1. The molecule has 0 spiro atoms. The van der Waals surface area contributed by atoms with E-state index in [4.69, 9.17) is 5.11 Å². The quantitative estimate of drug-likeness (QED) is 0.734.